The van der Waals surface area contributed by atoms with E-state index in [1.807, 2.05) is 39.8 Å². The van der Waals surface area contributed by atoms with Crippen LogP contribution in [-0.2, 0) is 6.61 Å². The summed E-state index contributed by atoms with van der Waals surface area (Å²) in [4.78, 5) is 5.27. The summed E-state index contributed by atoms with van der Waals surface area (Å²) in [5, 5.41) is 14.6. The molecule has 3 aromatic rings. The number of aryl methyl sites for hydroxylation is 2. The zero-order valence-electron chi connectivity index (χ0n) is 13.6. The van der Waals surface area contributed by atoms with Crippen molar-refractivity contribution in [2.24, 2.45) is 0 Å². The molecule has 5 nitrogen and oxygen atoms in total. The maximum atomic E-state index is 9.36. The number of hydrogen-bond donors (Lipinski definition) is 0. The Kier molecular flexibility index (Phi) is 4.05. The Balaban J connectivity index is 1.86. The number of benzene rings is 1. The molecule has 2 heterocycles. The Morgan fingerprint density at radius 1 is 1.35 bits per heavy atom. The van der Waals surface area contributed by atoms with Crippen molar-refractivity contribution in [3.05, 3.63) is 45.7 Å². The number of nitriles is 1. The van der Waals surface area contributed by atoms with E-state index in [1.165, 1.54) is 11.3 Å². The molecule has 1 aromatic carbocycles. The zero-order valence-corrected chi connectivity index (χ0v) is 14.4. The van der Waals surface area contributed by atoms with Crippen molar-refractivity contribution in [3.63, 3.8) is 0 Å². The van der Waals surface area contributed by atoms with Crippen LogP contribution in [0.15, 0.2) is 18.2 Å². The van der Waals surface area contributed by atoms with Gasteiger partial charge in [-0.25, -0.2) is 4.98 Å². The van der Waals surface area contributed by atoms with E-state index in [-0.39, 0.29) is 5.92 Å². The van der Waals surface area contributed by atoms with Gasteiger partial charge in [-0.15, -0.1) is 0 Å². The lowest BCUT2D eigenvalue weighted by Crippen LogP contribution is -2.00. The molecular formula is C17H18N4OS. The summed E-state index contributed by atoms with van der Waals surface area (Å²) in [5.41, 5.74) is 3.57. The van der Waals surface area contributed by atoms with Gasteiger partial charge in [0.05, 0.1) is 5.69 Å². The predicted octanol–water partition coefficient (Wildman–Crippen LogP) is 3.98. The molecule has 0 saturated heterocycles. The molecule has 3 rings (SSSR count). The summed E-state index contributed by atoms with van der Waals surface area (Å²) in [6, 6.07) is 8.33. The van der Waals surface area contributed by atoms with Crippen molar-refractivity contribution in [2.45, 2.75) is 40.2 Å². The first-order valence-corrected chi connectivity index (χ1v) is 8.29. The molecule has 0 saturated carbocycles. The maximum Gasteiger partial charge on any atom is 0.213 e. The smallest absolute Gasteiger partial charge is 0.213 e. The molecule has 0 aliphatic carbocycles. The summed E-state index contributed by atoms with van der Waals surface area (Å²) >= 11 is 1.46. The Morgan fingerprint density at radius 2 is 2.13 bits per heavy atom. The van der Waals surface area contributed by atoms with Gasteiger partial charge in [-0.05, 0) is 37.0 Å². The second-order valence-corrected chi connectivity index (χ2v) is 6.90. The van der Waals surface area contributed by atoms with E-state index in [1.54, 1.807) is 4.52 Å². The number of fused-ring (bicyclic) bond motifs is 1. The standard InChI is InChI=1S/C17H18N4OS/c1-10(2)16-13(8-18)21-17(19-16)23-15(20-21)9-22-14-7-11(3)5-6-12(14)4/h5-7,10H,9H2,1-4H3. The van der Waals surface area contributed by atoms with Gasteiger partial charge in [0.15, 0.2) is 10.7 Å². The van der Waals surface area contributed by atoms with Crippen LogP contribution in [0.1, 0.15) is 47.3 Å². The molecule has 0 bridgehead atoms. The van der Waals surface area contributed by atoms with Gasteiger partial charge in [-0.3, -0.25) is 0 Å². The highest BCUT2D eigenvalue weighted by molar-refractivity contribution is 7.16. The summed E-state index contributed by atoms with van der Waals surface area (Å²) in [6.45, 7) is 8.48. The van der Waals surface area contributed by atoms with E-state index in [4.69, 9.17) is 4.74 Å². The number of aromatic nitrogens is 3. The number of nitrogens with zero attached hydrogens (tertiary/aromatic N) is 4. The predicted molar refractivity (Wildman–Crippen MR) is 89.9 cm³/mol. The fourth-order valence-corrected chi connectivity index (χ4v) is 3.19. The quantitative estimate of drug-likeness (QED) is 0.727. The van der Waals surface area contributed by atoms with E-state index in [0.29, 0.717) is 12.3 Å². The van der Waals surface area contributed by atoms with Crippen LogP contribution in [0.2, 0.25) is 0 Å². The maximum absolute atomic E-state index is 9.36. The summed E-state index contributed by atoms with van der Waals surface area (Å²) < 4.78 is 7.50. The van der Waals surface area contributed by atoms with Gasteiger partial charge in [-0.2, -0.15) is 14.9 Å². The lowest BCUT2D eigenvalue weighted by atomic mass is 10.1. The van der Waals surface area contributed by atoms with E-state index < -0.39 is 0 Å². The average Bonchev–Trinajstić information content (AvgIpc) is 3.05. The molecule has 0 spiro atoms. The van der Waals surface area contributed by atoms with Gasteiger partial charge in [0, 0.05) is 0 Å². The third-order valence-corrected chi connectivity index (χ3v) is 4.50. The molecule has 0 radical (unpaired) electrons. The van der Waals surface area contributed by atoms with Crippen LogP contribution in [0.4, 0.5) is 0 Å². The Labute approximate surface area is 139 Å². The molecule has 0 aliphatic heterocycles. The van der Waals surface area contributed by atoms with Crippen molar-refractivity contribution in [1.29, 1.82) is 5.26 Å². The van der Waals surface area contributed by atoms with Crippen LogP contribution < -0.4 is 4.74 Å². The van der Waals surface area contributed by atoms with Crippen LogP contribution in [0.3, 0.4) is 0 Å². The number of rotatable bonds is 4. The molecule has 6 heteroatoms. The van der Waals surface area contributed by atoms with E-state index in [9.17, 15) is 5.26 Å². The lowest BCUT2D eigenvalue weighted by Gasteiger charge is -2.08. The monoisotopic (exact) mass is 326 g/mol. The minimum Gasteiger partial charge on any atom is -0.486 e. The van der Waals surface area contributed by atoms with Gasteiger partial charge in [0.2, 0.25) is 4.96 Å². The zero-order chi connectivity index (χ0) is 16.6. The molecule has 0 unspecified atom stereocenters. The van der Waals surface area contributed by atoms with Gasteiger partial charge < -0.3 is 4.74 Å². The third-order valence-electron chi connectivity index (χ3n) is 3.62. The van der Waals surface area contributed by atoms with Crippen LogP contribution in [0, 0.1) is 25.2 Å². The van der Waals surface area contributed by atoms with Crippen LogP contribution >= 0.6 is 11.3 Å². The molecule has 2 aromatic heterocycles. The second kappa shape index (κ2) is 6.01. The largest absolute Gasteiger partial charge is 0.486 e. The first kappa shape index (κ1) is 15.5. The third kappa shape index (κ3) is 2.92. The highest BCUT2D eigenvalue weighted by Gasteiger charge is 2.18. The molecule has 0 aliphatic rings. The normalized spacial score (nSPS) is 11.1. The summed E-state index contributed by atoms with van der Waals surface area (Å²) in [6.07, 6.45) is 0. The van der Waals surface area contributed by atoms with Gasteiger partial charge in [0.1, 0.15) is 18.4 Å². The average molecular weight is 326 g/mol. The highest BCUT2D eigenvalue weighted by Crippen LogP contribution is 2.25. The Bertz CT molecular complexity index is 901. The molecular weight excluding hydrogens is 308 g/mol. The van der Waals surface area contributed by atoms with Gasteiger partial charge in [0.25, 0.3) is 0 Å². The minimum atomic E-state index is 0.202. The summed E-state index contributed by atoms with van der Waals surface area (Å²) in [7, 11) is 0. The molecule has 0 N–H and O–H groups in total. The highest BCUT2D eigenvalue weighted by atomic mass is 32.1. The van der Waals surface area contributed by atoms with Crippen molar-refractivity contribution < 1.29 is 4.74 Å². The van der Waals surface area contributed by atoms with Crippen LogP contribution in [0.25, 0.3) is 4.96 Å². The van der Waals surface area contributed by atoms with E-state index in [2.05, 4.69) is 22.2 Å². The SMILES string of the molecule is Cc1ccc(C)c(OCc2nn3c(C#N)c(C(C)C)nc3s2)c1. The Hall–Kier alpha value is -2.39. The molecule has 23 heavy (non-hydrogen) atoms. The first-order chi connectivity index (χ1) is 11.0. The first-order valence-electron chi connectivity index (χ1n) is 7.48. The van der Waals surface area contributed by atoms with E-state index >= 15 is 0 Å². The molecule has 0 fully saturated rings. The fraction of sp³-hybridized carbons (Fsp3) is 0.353. The van der Waals surface area contributed by atoms with Crippen molar-refractivity contribution >= 4 is 16.3 Å². The molecule has 118 valence electrons. The van der Waals surface area contributed by atoms with Crippen LogP contribution in [-0.4, -0.2) is 14.6 Å². The fourth-order valence-electron chi connectivity index (χ4n) is 2.37. The Morgan fingerprint density at radius 3 is 2.83 bits per heavy atom. The topological polar surface area (TPSA) is 63.2 Å². The lowest BCUT2D eigenvalue weighted by molar-refractivity contribution is 0.302. The van der Waals surface area contributed by atoms with E-state index in [0.717, 1.165) is 32.5 Å². The number of hydrogen-bond acceptors (Lipinski definition) is 5. The van der Waals surface area contributed by atoms with Gasteiger partial charge in [-0.1, -0.05) is 37.3 Å². The van der Waals surface area contributed by atoms with Crippen molar-refractivity contribution in [1.82, 2.24) is 14.6 Å². The number of ether oxygens (including phenoxy) is 1. The molecule has 0 atom stereocenters. The van der Waals surface area contributed by atoms with Crippen molar-refractivity contribution in [3.8, 4) is 11.8 Å². The van der Waals surface area contributed by atoms with Crippen LogP contribution in [0.5, 0.6) is 5.75 Å². The number of imidazole rings is 1. The minimum absolute atomic E-state index is 0.202. The van der Waals surface area contributed by atoms with Gasteiger partial charge >= 0.3 is 0 Å². The second-order valence-electron chi connectivity index (χ2n) is 5.86. The van der Waals surface area contributed by atoms with Crippen molar-refractivity contribution in [2.75, 3.05) is 0 Å². The summed E-state index contributed by atoms with van der Waals surface area (Å²) in [5.74, 6) is 1.06. The molecule has 0 amide bonds.